The standard InChI is InChI=1S/C35H53NO22/c1-11(2)26-24(47)27(55-35-23(46)19(42)21(44)30(58-35)32(50)51)17(40)15(53-26)10-52-33-25(48)28(16(39)14(9-38)54-33)56-34-22(45)18(41)20(43)29(57-34)31(49)36-13(8-37)12-6-4-3-5-7-12/h3-7,11,13-30,33-35,37-48H,8-10H2,1-2H3,(H,36,49)(H,50,51)/t13-,14?,15?,16?,17?,18?,19?,20?,21?,22?,23?,24?,25?,26?,27?,28?,29?,30?,33?,34?,35?/m0/s1. The summed E-state index contributed by atoms with van der Waals surface area (Å²) in [6, 6.07) is 7.27. The maximum atomic E-state index is 13.2. The Balaban J connectivity index is 1.29. The number of carbonyl (C=O) groups is 2. The molecule has 20 unspecified atom stereocenters. The Morgan fingerprint density at radius 3 is 1.71 bits per heavy atom. The zero-order valence-corrected chi connectivity index (χ0v) is 31.2. The van der Waals surface area contributed by atoms with E-state index in [0.29, 0.717) is 5.56 Å². The molecule has 23 nitrogen and oxygen atoms in total. The van der Waals surface area contributed by atoms with Gasteiger partial charge in [-0.3, -0.25) is 4.79 Å². The van der Waals surface area contributed by atoms with E-state index < -0.39 is 166 Å². The number of carboxylic acid groups (broad SMARTS) is 1. The Kier molecular flexibility index (Phi) is 15.9. The molecule has 1 aromatic rings. The normalized spacial score (nSPS) is 44.1. The van der Waals surface area contributed by atoms with Gasteiger partial charge in [0, 0.05) is 0 Å². The summed E-state index contributed by atoms with van der Waals surface area (Å²) < 4.78 is 39.1. The van der Waals surface area contributed by atoms with Crippen molar-refractivity contribution in [3.05, 3.63) is 35.9 Å². The SMILES string of the molecule is CC(C)C1OC(COC2OC(CO)C(O)C(OC3OC(C(=O)N[C@@H](CO)c4ccccc4)C(O)C(O)C3O)C2O)C(O)C(OC2OC(C(=O)O)C(O)C(O)C2O)C1O. The average Bonchev–Trinajstić information content (AvgIpc) is 3.20. The van der Waals surface area contributed by atoms with Crippen LogP contribution in [-0.2, 0) is 42.7 Å². The van der Waals surface area contributed by atoms with Crippen molar-refractivity contribution in [2.75, 3.05) is 19.8 Å². The molecule has 4 saturated heterocycles. The van der Waals surface area contributed by atoms with Crippen LogP contribution in [0.1, 0.15) is 25.5 Å². The number of aliphatic carboxylic acids is 1. The Bertz CT molecular complexity index is 1480. The summed E-state index contributed by atoms with van der Waals surface area (Å²) in [6.45, 7) is 1.13. The zero-order chi connectivity index (χ0) is 42.7. The third kappa shape index (κ3) is 9.79. The van der Waals surface area contributed by atoms with Crippen molar-refractivity contribution in [1.82, 2.24) is 5.32 Å². The Hall–Kier alpha value is -2.60. The predicted octanol–water partition coefficient (Wildman–Crippen LogP) is -7.09. The van der Waals surface area contributed by atoms with Crippen LogP contribution in [0, 0.1) is 5.92 Å². The van der Waals surface area contributed by atoms with Crippen LogP contribution in [0.2, 0.25) is 0 Å². The Labute approximate surface area is 330 Å². The quantitative estimate of drug-likeness (QED) is 0.0827. The summed E-state index contributed by atoms with van der Waals surface area (Å²) >= 11 is 0. The first-order valence-corrected chi connectivity index (χ1v) is 18.6. The molecule has 0 aliphatic carbocycles. The highest BCUT2D eigenvalue weighted by Crippen LogP contribution is 2.34. The Morgan fingerprint density at radius 1 is 0.638 bits per heavy atom. The highest BCUT2D eigenvalue weighted by molar-refractivity contribution is 5.82. The fraction of sp³-hybridized carbons (Fsp3) is 0.771. The van der Waals surface area contributed by atoms with Crippen LogP contribution < -0.4 is 5.32 Å². The number of hydrogen-bond donors (Lipinski definition) is 14. The second-order valence-electron chi connectivity index (χ2n) is 14.9. The Morgan fingerprint density at radius 2 is 1.17 bits per heavy atom. The molecule has 4 aliphatic rings. The minimum absolute atomic E-state index is 0.481. The molecule has 21 atom stereocenters. The van der Waals surface area contributed by atoms with Crippen LogP contribution in [0.3, 0.4) is 0 Å². The highest BCUT2D eigenvalue weighted by Gasteiger charge is 2.55. The molecule has 0 saturated carbocycles. The first-order chi connectivity index (χ1) is 27.4. The maximum absolute atomic E-state index is 13.2. The molecule has 4 aliphatic heterocycles. The summed E-state index contributed by atoms with van der Waals surface area (Å²) in [5, 5.41) is 139. The number of carboxylic acids is 1. The molecule has 4 fully saturated rings. The lowest BCUT2D eigenvalue weighted by molar-refractivity contribution is -0.362. The zero-order valence-electron chi connectivity index (χ0n) is 31.2. The summed E-state index contributed by atoms with van der Waals surface area (Å²) in [7, 11) is 0. The number of rotatable bonds is 14. The van der Waals surface area contributed by atoms with Gasteiger partial charge >= 0.3 is 5.97 Å². The van der Waals surface area contributed by atoms with Crippen molar-refractivity contribution in [2.45, 2.75) is 143 Å². The number of amides is 1. The van der Waals surface area contributed by atoms with Gasteiger partial charge in [0.05, 0.1) is 32.0 Å². The number of carbonyl (C=O) groups excluding carboxylic acids is 1. The van der Waals surface area contributed by atoms with Crippen LogP contribution in [0.15, 0.2) is 30.3 Å². The van der Waals surface area contributed by atoms with Crippen LogP contribution in [-0.4, -0.2) is 221 Å². The van der Waals surface area contributed by atoms with Crippen molar-refractivity contribution in [1.29, 1.82) is 0 Å². The summed E-state index contributed by atoms with van der Waals surface area (Å²) in [4.78, 5) is 24.8. The van der Waals surface area contributed by atoms with E-state index in [1.807, 2.05) is 0 Å². The van der Waals surface area contributed by atoms with Gasteiger partial charge in [-0.2, -0.15) is 0 Å². The van der Waals surface area contributed by atoms with Crippen molar-refractivity contribution in [3.8, 4) is 0 Å². The third-order valence-corrected chi connectivity index (χ3v) is 10.6. The lowest BCUT2D eigenvalue weighted by Gasteiger charge is -2.48. The van der Waals surface area contributed by atoms with Crippen molar-refractivity contribution in [2.24, 2.45) is 5.92 Å². The monoisotopic (exact) mass is 839 g/mol. The number of ether oxygens (including phenoxy) is 7. The van der Waals surface area contributed by atoms with Gasteiger partial charge in [0.1, 0.15) is 85.5 Å². The van der Waals surface area contributed by atoms with Gasteiger partial charge in [-0.25, -0.2) is 4.79 Å². The fourth-order valence-corrected chi connectivity index (χ4v) is 7.18. The van der Waals surface area contributed by atoms with E-state index in [-0.39, 0.29) is 0 Å². The van der Waals surface area contributed by atoms with Gasteiger partial charge in [-0.1, -0.05) is 44.2 Å². The third-order valence-electron chi connectivity index (χ3n) is 10.6. The lowest BCUT2D eigenvalue weighted by Crippen LogP contribution is -2.66. The highest BCUT2D eigenvalue weighted by atomic mass is 16.7. The summed E-state index contributed by atoms with van der Waals surface area (Å²) in [5.74, 6) is -3.22. The van der Waals surface area contributed by atoms with Crippen LogP contribution >= 0.6 is 0 Å². The topological polar surface area (TPSA) is 374 Å². The first kappa shape index (κ1) is 46.5. The summed E-state index contributed by atoms with van der Waals surface area (Å²) in [5.41, 5.74) is 0.489. The van der Waals surface area contributed by atoms with Gasteiger partial charge in [0.15, 0.2) is 31.1 Å². The number of benzene rings is 1. The van der Waals surface area contributed by atoms with Crippen molar-refractivity contribution in [3.63, 3.8) is 0 Å². The molecule has 0 spiro atoms. The maximum Gasteiger partial charge on any atom is 0.335 e. The van der Waals surface area contributed by atoms with E-state index in [4.69, 9.17) is 33.2 Å². The molecule has 0 bridgehead atoms. The van der Waals surface area contributed by atoms with Crippen LogP contribution in [0.5, 0.6) is 0 Å². The van der Waals surface area contributed by atoms with Gasteiger partial charge in [-0.05, 0) is 11.5 Å². The molecule has 58 heavy (non-hydrogen) atoms. The number of hydrogen-bond acceptors (Lipinski definition) is 21. The molecule has 5 rings (SSSR count). The molecule has 23 heteroatoms. The number of aliphatic hydroxyl groups excluding tert-OH is 12. The number of aliphatic hydroxyl groups is 12. The minimum atomic E-state index is -2.07. The van der Waals surface area contributed by atoms with E-state index in [0.717, 1.165) is 0 Å². The molecule has 14 N–H and O–H groups in total. The first-order valence-electron chi connectivity index (χ1n) is 18.6. The van der Waals surface area contributed by atoms with Gasteiger partial charge < -0.3 is 105 Å². The van der Waals surface area contributed by atoms with E-state index in [2.05, 4.69) is 5.32 Å². The molecule has 0 aromatic heterocycles. The van der Waals surface area contributed by atoms with E-state index in [9.17, 15) is 76.0 Å². The van der Waals surface area contributed by atoms with E-state index in [1.165, 1.54) is 0 Å². The van der Waals surface area contributed by atoms with E-state index >= 15 is 0 Å². The molecule has 0 radical (unpaired) electrons. The van der Waals surface area contributed by atoms with E-state index in [1.54, 1.807) is 44.2 Å². The average molecular weight is 840 g/mol. The van der Waals surface area contributed by atoms with Crippen molar-refractivity contribution < 1.29 is 109 Å². The predicted molar refractivity (Wildman–Crippen MR) is 184 cm³/mol. The van der Waals surface area contributed by atoms with Gasteiger partial charge in [-0.15, -0.1) is 0 Å². The molecule has 1 aromatic carbocycles. The van der Waals surface area contributed by atoms with Crippen LogP contribution in [0.25, 0.3) is 0 Å². The smallest absolute Gasteiger partial charge is 0.335 e. The molecule has 330 valence electrons. The summed E-state index contributed by atoms with van der Waals surface area (Å²) in [6.07, 6.45) is -37.1. The van der Waals surface area contributed by atoms with Crippen LogP contribution in [0.4, 0.5) is 0 Å². The number of nitrogens with one attached hydrogen (secondary N) is 1. The molecular weight excluding hydrogens is 786 g/mol. The second-order valence-corrected chi connectivity index (χ2v) is 14.9. The molecular formula is C35H53NO22. The lowest BCUT2D eigenvalue weighted by atomic mass is 9.89. The molecule has 1 amide bonds. The molecule has 4 heterocycles. The second kappa shape index (κ2) is 19.9. The van der Waals surface area contributed by atoms with Gasteiger partial charge in [0.2, 0.25) is 0 Å². The fourth-order valence-electron chi connectivity index (χ4n) is 7.18. The largest absolute Gasteiger partial charge is 0.479 e. The van der Waals surface area contributed by atoms with Gasteiger partial charge in [0.25, 0.3) is 5.91 Å². The minimum Gasteiger partial charge on any atom is -0.479 e. The van der Waals surface area contributed by atoms with Crippen molar-refractivity contribution >= 4 is 11.9 Å².